The topological polar surface area (TPSA) is 20.3 Å². The fraction of sp³-hybridized carbons (Fsp3) is 0.750. The molecule has 1 heterocycles. The van der Waals surface area contributed by atoms with Crippen LogP contribution in [0.25, 0.3) is 0 Å². The van der Waals surface area contributed by atoms with Crippen LogP contribution in [-0.4, -0.2) is 23.8 Å². The smallest absolute Gasteiger partial charge is 0.157 e. The van der Waals surface area contributed by atoms with Gasteiger partial charge < -0.3 is 4.90 Å². The first-order valence-electron chi connectivity index (χ1n) is 5.55. The Morgan fingerprint density at radius 3 is 2.71 bits per heavy atom. The van der Waals surface area contributed by atoms with Crippen LogP contribution >= 0.6 is 0 Å². The molecule has 2 aliphatic rings. The molecule has 2 heteroatoms. The van der Waals surface area contributed by atoms with E-state index in [0.29, 0.717) is 11.2 Å². The quantitative estimate of drug-likeness (QED) is 0.637. The number of nitrogens with zero attached hydrogens (tertiary/aromatic N) is 1. The van der Waals surface area contributed by atoms with Crippen LogP contribution in [0.4, 0.5) is 0 Å². The molecule has 0 radical (unpaired) electrons. The third-order valence-electron chi connectivity index (χ3n) is 3.26. The van der Waals surface area contributed by atoms with Crippen molar-refractivity contribution in [1.29, 1.82) is 0 Å². The molecule has 0 atom stereocenters. The highest BCUT2D eigenvalue weighted by Crippen LogP contribution is 2.32. The molecule has 0 aromatic heterocycles. The normalized spacial score (nSPS) is 26.6. The summed E-state index contributed by atoms with van der Waals surface area (Å²) in [5.41, 5.74) is 1.70. The molecule has 0 spiro atoms. The molecule has 0 bridgehead atoms. The second-order valence-electron chi connectivity index (χ2n) is 5.29. The lowest BCUT2D eigenvalue weighted by atomic mass is 9.84. The van der Waals surface area contributed by atoms with Crippen LogP contribution in [0.5, 0.6) is 0 Å². The number of likely N-dealkylation sites (tertiary alicyclic amines) is 1. The standard InChI is InChI=1S/C12H19NO/c1-12(2)6-3-7-13(9-12)10-4-5-11(14)8-10/h8H,3-7,9H2,1-2H3. The molecule has 1 aliphatic carbocycles. The van der Waals surface area contributed by atoms with Crippen LogP contribution in [0.2, 0.25) is 0 Å². The first-order valence-corrected chi connectivity index (χ1v) is 5.55. The number of piperidine rings is 1. The molecule has 2 nitrogen and oxygen atoms in total. The fourth-order valence-electron chi connectivity index (χ4n) is 2.50. The van der Waals surface area contributed by atoms with Crippen LogP contribution < -0.4 is 0 Å². The van der Waals surface area contributed by atoms with E-state index in [2.05, 4.69) is 18.7 Å². The number of hydrogen-bond donors (Lipinski definition) is 0. The van der Waals surface area contributed by atoms with Crippen molar-refractivity contribution < 1.29 is 4.79 Å². The highest BCUT2D eigenvalue weighted by Gasteiger charge is 2.28. The number of carbonyl (C=O) groups is 1. The van der Waals surface area contributed by atoms with Crippen LogP contribution in [0, 0.1) is 5.41 Å². The lowest BCUT2D eigenvalue weighted by Crippen LogP contribution is -2.39. The van der Waals surface area contributed by atoms with E-state index >= 15 is 0 Å². The maximum atomic E-state index is 11.2. The van der Waals surface area contributed by atoms with Crippen molar-refractivity contribution in [3.8, 4) is 0 Å². The molecule has 0 saturated carbocycles. The van der Waals surface area contributed by atoms with E-state index in [1.807, 2.05) is 6.08 Å². The summed E-state index contributed by atoms with van der Waals surface area (Å²) >= 11 is 0. The summed E-state index contributed by atoms with van der Waals surface area (Å²) in [6.45, 7) is 6.89. The molecule has 0 aromatic rings. The Morgan fingerprint density at radius 1 is 1.36 bits per heavy atom. The van der Waals surface area contributed by atoms with Crippen molar-refractivity contribution in [3.63, 3.8) is 0 Å². The first kappa shape index (κ1) is 9.75. The summed E-state index contributed by atoms with van der Waals surface area (Å²) in [5.74, 6) is 0.309. The summed E-state index contributed by atoms with van der Waals surface area (Å²) in [5, 5.41) is 0. The number of ketones is 1. The average Bonchev–Trinajstić information content (AvgIpc) is 2.50. The number of allylic oxidation sites excluding steroid dienone is 2. The summed E-state index contributed by atoms with van der Waals surface area (Å²) in [7, 11) is 0. The zero-order valence-electron chi connectivity index (χ0n) is 9.18. The predicted octanol–water partition coefficient (Wildman–Crippen LogP) is 2.36. The van der Waals surface area contributed by atoms with Crippen molar-refractivity contribution in [3.05, 3.63) is 11.8 Å². The summed E-state index contributed by atoms with van der Waals surface area (Å²) < 4.78 is 0. The second-order valence-corrected chi connectivity index (χ2v) is 5.29. The number of carbonyl (C=O) groups excluding carboxylic acids is 1. The van der Waals surface area contributed by atoms with Gasteiger partial charge in [0.2, 0.25) is 0 Å². The number of rotatable bonds is 1. The maximum absolute atomic E-state index is 11.2. The van der Waals surface area contributed by atoms with Gasteiger partial charge in [0.05, 0.1) is 0 Å². The van der Waals surface area contributed by atoms with Gasteiger partial charge in [0.25, 0.3) is 0 Å². The molecule has 14 heavy (non-hydrogen) atoms. The Hall–Kier alpha value is -0.790. The molecule has 1 fully saturated rings. The molecular formula is C12H19NO. The van der Waals surface area contributed by atoms with Crippen LogP contribution in [0.1, 0.15) is 39.5 Å². The van der Waals surface area contributed by atoms with Gasteiger partial charge >= 0.3 is 0 Å². The first-order chi connectivity index (χ1) is 6.57. The summed E-state index contributed by atoms with van der Waals surface area (Å²) in [6.07, 6.45) is 6.12. The highest BCUT2D eigenvalue weighted by atomic mass is 16.1. The van der Waals surface area contributed by atoms with Gasteiger partial charge in [-0.2, -0.15) is 0 Å². The van der Waals surface area contributed by atoms with E-state index in [9.17, 15) is 4.79 Å². The average molecular weight is 193 g/mol. The van der Waals surface area contributed by atoms with Crippen LogP contribution in [0.3, 0.4) is 0 Å². The molecule has 1 aliphatic heterocycles. The Balaban J connectivity index is 2.05. The summed E-state index contributed by atoms with van der Waals surface area (Å²) in [4.78, 5) is 13.6. The SMILES string of the molecule is CC1(C)CCCN(C2=CC(=O)CC2)C1. The van der Waals surface area contributed by atoms with Gasteiger partial charge in [-0.3, -0.25) is 4.79 Å². The summed E-state index contributed by atoms with van der Waals surface area (Å²) in [6, 6.07) is 0. The predicted molar refractivity (Wildman–Crippen MR) is 56.9 cm³/mol. The number of hydrogen-bond acceptors (Lipinski definition) is 2. The third-order valence-corrected chi connectivity index (χ3v) is 3.26. The molecule has 78 valence electrons. The Morgan fingerprint density at radius 2 is 2.14 bits per heavy atom. The largest absolute Gasteiger partial charge is 0.374 e. The van der Waals surface area contributed by atoms with Gasteiger partial charge in [-0.25, -0.2) is 0 Å². The van der Waals surface area contributed by atoms with E-state index in [-0.39, 0.29) is 0 Å². The minimum absolute atomic E-state index is 0.309. The minimum atomic E-state index is 0.309. The van der Waals surface area contributed by atoms with E-state index < -0.39 is 0 Å². The molecule has 2 rings (SSSR count). The molecule has 0 aromatic carbocycles. The highest BCUT2D eigenvalue weighted by molar-refractivity contribution is 5.92. The van der Waals surface area contributed by atoms with Crippen molar-refractivity contribution in [2.24, 2.45) is 5.41 Å². The van der Waals surface area contributed by atoms with Gasteiger partial charge in [0.15, 0.2) is 5.78 Å². The molecule has 1 saturated heterocycles. The lowest BCUT2D eigenvalue weighted by Gasteiger charge is -2.40. The van der Waals surface area contributed by atoms with E-state index in [4.69, 9.17) is 0 Å². The van der Waals surface area contributed by atoms with Crippen molar-refractivity contribution >= 4 is 5.78 Å². The third kappa shape index (κ3) is 1.99. The van der Waals surface area contributed by atoms with Gasteiger partial charge in [-0.1, -0.05) is 13.8 Å². The Kier molecular flexibility index (Phi) is 2.38. The minimum Gasteiger partial charge on any atom is -0.374 e. The van der Waals surface area contributed by atoms with E-state index in [0.717, 1.165) is 25.9 Å². The molecule has 0 unspecified atom stereocenters. The van der Waals surface area contributed by atoms with Crippen LogP contribution in [-0.2, 0) is 4.79 Å². The zero-order valence-corrected chi connectivity index (χ0v) is 9.18. The van der Waals surface area contributed by atoms with Crippen molar-refractivity contribution in [1.82, 2.24) is 4.90 Å². The van der Waals surface area contributed by atoms with Crippen LogP contribution in [0.15, 0.2) is 11.8 Å². The van der Waals surface area contributed by atoms with Gasteiger partial charge in [-0.15, -0.1) is 0 Å². The fourth-order valence-corrected chi connectivity index (χ4v) is 2.50. The second kappa shape index (κ2) is 3.41. The Labute approximate surface area is 86.0 Å². The van der Waals surface area contributed by atoms with Gasteiger partial charge in [0.1, 0.15) is 0 Å². The van der Waals surface area contributed by atoms with Crippen molar-refractivity contribution in [2.75, 3.05) is 13.1 Å². The monoisotopic (exact) mass is 193 g/mol. The van der Waals surface area contributed by atoms with E-state index in [1.165, 1.54) is 18.5 Å². The maximum Gasteiger partial charge on any atom is 0.157 e. The van der Waals surface area contributed by atoms with Crippen molar-refractivity contribution in [2.45, 2.75) is 39.5 Å². The molecule has 0 N–H and O–H groups in total. The molecular weight excluding hydrogens is 174 g/mol. The van der Waals surface area contributed by atoms with Gasteiger partial charge in [0, 0.05) is 31.3 Å². The van der Waals surface area contributed by atoms with Gasteiger partial charge in [-0.05, 0) is 24.7 Å². The lowest BCUT2D eigenvalue weighted by molar-refractivity contribution is -0.114. The van der Waals surface area contributed by atoms with E-state index in [1.54, 1.807) is 0 Å². The zero-order chi connectivity index (χ0) is 10.2. The molecule has 0 amide bonds. The Bertz CT molecular complexity index is 278.